The number of esters is 1. The molecule has 0 radical (unpaired) electrons. The Morgan fingerprint density at radius 3 is 2.78 bits per heavy atom. The lowest BCUT2D eigenvalue weighted by Crippen LogP contribution is -2.42. The second kappa shape index (κ2) is 6.75. The van der Waals surface area contributed by atoms with Crippen LogP contribution in [0.5, 0.6) is 5.75 Å². The molecule has 4 rings (SSSR count). The van der Waals surface area contributed by atoms with Crippen molar-refractivity contribution in [1.82, 2.24) is 15.1 Å². The van der Waals surface area contributed by atoms with Crippen LogP contribution in [0.4, 0.5) is 0 Å². The fourth-order valence-corrected chi connectivity index (χ4v) is 3.41. The first-order valence-electron chi connectivity index (χ1n) is 8.64. The summed E-state index contributed by atoms with van der Waals surface area (Å²) in [5.74, 6) is -0.187. The van der Waals surface area contributed by atoms with Gasteiger partial charge in [0.1, 0.15) is 5.75 Å². The molecule has 2 atom stereocenters. The van der Waals surface area contributed by atoms with Crippen LogP contribution in [-0.4, -0.2) is 40.2 Å². The summed E-state index contributed by atoms with van der Waals surface area (Å²) < 4.78 is 10.7. The van der Waals surface area contributed by atoms with Gasteiger partial charge in [-0.3, -0.25) is 9.89 Å². The van der Waals surface area contributed by atoms with Crippen LogP contribution in [0.25, 0.3) is 10.8 Å². The van der Waals surface area contributed by atoms with Crippen LogP contribution >= 0.6 is 0 Å². The van der Waals surface area contributed by atoms with Gasteiger partial charge in [-0.1, -0.05) is 30.3 Å². The first-order valence-corrected chi connectivity index (χ1v) is 8.64. The lowest BCUT2D eigenvalue weighted by Gasteiger charge is -2.26. The van der Waals surface area contributed by atoms with Crippen molar-refractivity contribution in [2.24, 2.45) is 0 Å². The molecule has 1 amide bonds. The van der Waals surface area contributed by atoms with Crippen molar-refractivity contribution < 1.29 is 19.1 Å². The van der Waals surface area contributed by atoms with Crippen molar-refractivity contribution in [3.63, 3.8) is 0 Å². The van der Waals surface area contributed by atoms with Crippen LogP contribution in [0.15, 0.2) is 48.7 Å². The summed E-state index contributed by atoms with van der Waals surface area (Å²) in [6.45, 7) is 1.94. The normalized spacial score (nSPS) is 16.8. The number of benzene rings is 2. The summed E-state index contributed by atoms with van der Waals surface area (Å²) in [5.41, 5.74) is 1.39. The van der Waals surface area contributed by atoms with E-state index in [0.29, 0.717) is 11.3 Å². The highest BCUT2D eigenvalue weighted by Crippen LogP contribution is 2.34. The van der Waals surface area contributed by atoms with Crippen LogP contribution in [0, 0.1) is 0 Å². The second-order valence-corrected chi connectivity index (χ2v) is 6.46. The summed E-state index contributed by atoms with van der Waals surface area (Å²) in [6.07, 6.45) is 0.800. The lowest BCUT2D eigenvalue weighted by atomic mass is 10.1. The van der Waals surface area contributed by atoms with Crippen molar-refractivity contribution in [2.45, 2.75) is 25.6 Å². The Bertz CT molecular complexity index is 1010. The third-order valence-electron chi connectivity index (χ3n) is 4.78. The topological polar surface area (TPSA) is 84.5 Å². The molecule has 27 heavy (non-hydrogen) atoms. The molecule has 1 N–H and O–H groups in total. The third-order valence-corrected chi connectivity index (χ3v) is 4.78. The Morgan fingerprint density at radius 1 is 1.22 bits per heavy atom. The highest BCUT2D eigenvalue weighted by atomic mass is 16.5. The number of carbonyl (C=O) groups excluding carboxylic acids is 2. The van der Waals surface area contributed by atoms with Crippen molar-refractivity contribution in [2.75, 3.05) is 7.11 Å². The van der Waals surface area contributed by atoms with E-state index in [9.17, 15) is 9.59 Å². The molecule has 1 aliphatic heterocycles. The van der Waals surface area contributed by atoms with Gasteiger partial charge < -0.3 is 14.4 Å². The number of fused-ring (bicyclic) bond motifs is 2. The largest absolute Gasteiger partial charge is 0.481 e. The molecular weight excluding hydrogens is 346 g/mol. The molecule has 7 heteroatoms. The predicted octanol–water partition coefficient (Wildman–Crippen LogP) is 2.59. The molecule has 1 unspecified atom stereocenters. The second-order valence-electron chi connectivity index (χ2n) is 6.46. The number of methoxy groups -OCH3 is 1. The average Bonchev–Trinajstić information content (AvgIpc) is 3.27. The Kier molecular flexibility index (Phi) is 4.27. The van der Waals surface area contributed by atoms with Crippen molar-refractivity contribution in [1.29, 1.82) is 0 Å². The minimum Gasteiger partial charge on any atom is -0.481 e. The highest BCUT2D eigenvalue weighted by Gasteiger charge is 2.42. The fourth-order valence-electron chi connectivity index (χ4n) is 3.41. The van der Waals surface area contributed by atoms with Gasteiger partial charge in [-0.15, -0.1) is 0 Å². The minimum absolute atomic E-state index is 0.263. The number of amides is 1. The Hall–Kier alpha value is -3.35. The zero-order chi connectivity index (χ0) is 19.0. The molecule has 0 aliphatic carbocycles. The third kappa shape index (κ3) is 3.01. The summed E-state index contributed by atoms with van der Waals surface area (Å²) >= 11 is 0. The van der Waals surface area contributed by atoms with Gasteiger partial charge in [0.05, 0.1) is 25.5 Å². The van der Waals surface area contributed by atoms with Crippen molar-refractivity contribution >= 4 is 22.6 Å². The van der Waals surface area contributed by atoms with E-state index in [-0.39, 0.29) is 12.5 Å². The van der Waals surface area contributed by atoms with Gasteiger partial charge in [0, 0.05) is 5.56 Å². The number of carbonyl (C=O) groups is 2. The first-order chi connectivity index (χ1) is 13.1. The predicted molar refractivity (Wildman–Crippen MR) is 97.9 cm³/mol. The maximum absolute atomic E-state index is 13.0. The average molecular weight is 365 g/mol. The van der Waals surface area contributed by atoms with Crippen LogP contribution in [-0.2, 0) is 20.9 Å². The molecule has 1 aromatic heterocycles. The smallest absolute Gasteiger partial charge is 0.333 e. The van der Waals surface area contributed by atoms with E-state index in [0.717, 1.165) is 16.5 Å². The molecule has 0 fully saturated rings. The summed E-state index contributed by atoms with van der Waals surface area (Å²) in [7, 11) is 1.30. The van der Waals surface area contributed by atoms with E-state index in [1.165, 1.54) is 12.0 Å². The van der Waals surface area contributed by atoms with E-state index < -0.39 is 18.1 Å². The standard InChI is InChI=1S/C20H19N3O4/c1-12(27-15-8-7-13-5-3-4-6-14(13)9-15)19(24)23-11-17-16(10-21-22-17)18(23)20(25)26-2/h3-10,12,18H,11H2,1-2H3,(H,21,22)/t12-,18?/m0/s1. The number of hydrogen-bond acceptors (Lipinski definition) is 5. The molecule has 0 saturated carbocycles. The zero-order valence-electron chi connectivity index (χ0n) is 15.0. The zero-order valence-corrected chi connectivity index (χ0v) is 15.0. The molecule has 2 heterocycles. The van der Waals surface area contributed by atoms with Gasteiger partial charge >= 0.3 is 5.97 Å². The van der Waals surface area contributed by atoms with Crippen LogP contribution < -0.4 is 4.74 Å². The maximum atomic E-state index is 13.0. The van der Waals surface area contributed by atoms with E-state index >= 15 is 0 Å². The fraction of sp³-hybridized carbons (Fsp3) is 0.250. The molecule has 1 aliphatic rings. The summed E-state index contributed by atoms with van der Waals surface area (Å²) in [6, 6.07) is 12.8. The monoisotopic (exact) mass is 365 g/mol. The van der Waals surface area contributed by atoms with E-state index in [1.54, 1.807) is 13.1 Å². The molecule has 3 aromatic rings. The van der Waals surface area contributed by atoms with Gasteiger partial charge in [-0.2, -0.15) is 5.10 Å². The van der Waals surface area contributed by atoms with Crippen molar-refractivity contribution in [3.8, 4) is 5.75 Å². The molecule has 2 aromatic carbocycles. The number of hydrogen-bond donors (Lipinski definition) is 1. The van der Waals surface area contributed by atoms with E-state index in [1.807, 2.05) is 42.5 Å². The van der Waals surface area contributed by atoms with Crippen LogP contribution in [0.1, 0.15) is 24.2 Å². The van der Waals surface area contributed by atoms with E-state index in [4.69, 9.17) is 9.47 Å². The number of aromatic amines is 1. The van der Waals surface area contributed by atoms with Gasteiger partial charge in [-0.25, -0.2) is 4.79 Å². The maximum Gasteiger partial charge on any atom is 0.333 e. The van der Waals surface area contributed by atoms with Gasteiger partial charge in [0.25, 0.3) is 5.91 Å². The number of nitrogens with zero attached hydrogens (tertiary/aromatic N) is 2. The molecule has 0 saturated heterocycles. The number of nitrogens with one attached hydrogen (secondary N) is 1. The van der Waals surface area contributed by atoms with Gasteiger partial charge in [-0.05, 0) is 29.8 Å². The lowest BCUT2D eigenvalue weighted by molar-refractivity contribution is -0.155. The van der Waals surface area contributed by atoms with Gasteiger partial charge in [0.2, 0.25) is 0 Å². The number of aromatic nitrogens is 2. The van der Waals surface area contributed by atoms with Crippen LogP contribution in [0.3, 0.4) is 0 Å². The Labute approximate surface area is 155 Å². The number of H-pyrrole nitrogens is 1. The first kappa shape index (κ1) is 17.1. The number of rotatable bonds is 4. The van der Waals surface area contributed by atoms with Gasteiger partial charge in [0.15, 0.2) is 12.1 Å². The molecule has 7 nitrogen and oxygen atoms in total. The number of ether oxygens (including phenoxy) is 2. The molecule has 138 valence electrons. The van der Waals surface area contributed by atoms with Crippen molar-refractivity contribution in [3.05, 3.63) is 59.9 Å². The molecular formula is C20H19N3O4. The Balaban J connectivity index is 1.54. The quantitative estimate of drug-likeness (QED) is 0.719. The highest BCUT2D eigenvalue weighted by molar-refractivity contribution is 5.89. The summed E-state index contributed by atoms with van der Waals surface area (Å²) in [4.78, 5) is 26.6. The van der Waals surface area contributed by atoms with Crippen LogP contribution in [0.2, 0.25) is 0 Å². The Morgan fingerprint density at radius 2 is 2.00 bits per heavy atom. The SMILES string of the molecule is COC(=O)C1c2cn[nH]c2CN1C(=O)[C@H](C)Oc1ccc2ccccc2c1. The summed E-state index contributed by atoms with van der Waals surface area (Å²) in [5, 5.41) is 8.90. The molecule has 0 bridgehead atoms. The van der Waals surface area contributed by atoms with E-state index in [2.05, 4.69) is 10.2 Å². The molecule has 0 spiro atoms. The minimum atomic E-state index is -0.807.